The summed E-state index contributed by atoms with van der Waals surface area (Å²) < 4.78 is 13.1. The van der Waals surface area contributed by atoms with Gasteiger partial charge in [0, 0.05) is 49.8 Å². The number of hydrogen-bond acceptors (Lipinski definition) is 7. The summed E-state index contributed by atoms with van der Waals surface area (Å²) in [4.78, 5) is 28.7. The van der Waals surface area contributed by atoms with E-state index in [0.29, 0.717) is 51.5 Å². The van der Waals surface area contributed by atoms with Crippen LogP contribution in [0.25, 0.3) is 0 Å². The quantitative estimate of drug-likeness (QED) is 0.592. The molecule has 11 heteroatoms. The number of carboxylic acid groups (broad SMARTS) is 1. The maximum Gasteiger partial charge on any atom is 0.414 e. The topological polar surface area (TPSA) is 123 Å². The lowest BCUT2D eigenvalue weighted by atomic mass is 10.2. The van der Waals surface area contributed by atoms with Crippen LogP contribution in [-0.2, 0) is 6.54 Å². The monoisotopic (exact) mass is 403 g/mol. The van der Waals surface area contributed by atoms with E-state index in [1.807, 2.05) is 24.3 Å². The largest absolute Gasteiger partial charge is 0.490 e. The highest BCUT2D eigenvalue weighted by molar-refractivity contribution is 5.65. The van der Waals surface area contributed by atoms with Crippen LogP contribution in [0.2, 0.25) is 0 Å². The number of carbonyl (C=O) groups is 1. The number of benzene rings is 1. The smallest absolute Gasteiger partial charge is 0.414 e. The Bertz CT molecular complexity index is 891. The van der Waals surface area contributed by atoms with Crippen LogP contribution in [0.3, 0.4) is 0 Å². The number of rotatable bonds is 5. The molecule has 1 N–H and O–H groups in total. The molecule has 1 aromatic carbocycles. The molecule has 0 radical (unpaired) electrons. The molecule has 1 saturated heterocycles. The average molecular weight is 403 g/mol. The molecule has 3 heterocycles. The van der Waals surface area contributed by atoms with Gasteiger partial charge in [-0.15, -0.1) is 0 Å². The molecule has 1 aromatic heterocycles. The molecule has 1 amide bonds. The summed E-state index contributed by atoms with van der Waals surface area (Å²) in [5, 5.41) is 19.8. The molecule has 0 spiro atoms. The zero-order chi connectivity index (χ0) is 20.4. The number of ether oxygens (including phenoxy) is 2. The molecule has 1 atom stereocenters. The van der Waals surface area contributed by atoms with Crippen molar-refractivity contribution in [2.45, 2.75) is 19.1 Å². The lowest BCUT2D eigenvalue weighted by molar-refractivity contribution is -0.389. The van der Waals surface area contributed by atoms with E-state index in [0.717, 1.165) is 5.69 Å². The van der Waals surface area contributed by atoms with Crippen molar-refractivity contribution in [1.82, 2.24) is 14.5 Å². The molecule has 0 aliphatic carbocycles. The molecule has 0 saturated carbocycles. The van der Waals surface area contributed by atoms with Crippen molar-refractivity contribution in [3.05, 3.63) is 40.6 Å². The normalized spacial score (nSPS) is 18.7. The highest BCUT2D eigenvalue weighted by atomic mass is 16.6. The van der Waals surface area contributed by atoms with Gasteiger partial charge >= 0.3 is 17.9 Å². The third kappa shape index (κ3) is 4.18. The number of fused-ring (bicyclic) bond motifs is 1. The van der Waals surface area contributed by atoms with E-state index in [9.17, 15) is 14.9 Å². The number of piperazine rings is 1. The first-order chi connectivity index (χ1) is 14.0. The Kier molecular flexibility index (Phi) is 5.10. The number of aryl methyl sites for hydroxylation is 1. The van der Waals surface area contributed by atoms with Crippen molar-refractivity contribution < 1.29 is 24.3 Å². The van der Waals surface area contributed by atoms with Crippen LogP contribution in [0.15, 0.2) is 30.5 Å². The SMILES string of the molecule is O=C(O)N1CCN(c2ccc(OC[C@H]3CCn4cc([N+](=O)[O-])nc4O3)cc2)CC1. The van der Waals surface area contributed by atoms with Gasteiger partial charge in [-0.3, -0.25) is 4.57 Å². The molecule has 2 aromatic rings. The summed E-state index contributed by atoms with van der Waals surface area (Å²) in [7, 11) is 0. The maximum atomic E-state index is 11.0. The standard InChI is InChI=1S/C18H21N5O6/c24-18(25)21-9-7-20(8-10-21)13-1-3-14(4-2-13)28-12-15-5-6-22-11-16(23(26)27)19-17(22)29-15/h1-4,11,15H,5-10,12H2,(H,24,25)/t15-/m1/s1. The highest BCUT2D eigenvalue weighted by Crippen LogP contribution is 2.25. The zero-order valence-electron chi connectivity index (χ0n) is 15.6. The summed E-state index contributed by atoms with van der Waals surface area (Å²) >= 11 is 0. The zero-order valence-corrected chi connectivity index (χ0v) is 15.6. The molecule has 0 bridgehead atoms. The fraction of sp³-hybridized carbons (Fsp3) is 0.444. The summed E-state index contributed by atoms with van der Waals surface area (Å²) in [6.07, 6.45) is 0.942. The van der Waals surface area contributed by atoms with Gasteiger partial charge in [-0.05, 0) is 29.2 Å². The summed E-state index contributed by atoms with van der Waals surface area (Å²) in [6, 6.07) is 7.88. The van der Waals surface area contributed by atoms with Crippen LogP contribution >= 0.6 is 0 Å². The van der Waals surface area contributed by atoms with E-state index in [-0.39, 0.29) is 17.9 Å². The molecule has 0 unspecified atom stereocenters. The van der Waals surface area contributed by atoms with Gasteiger partial charge < -0.3 is 34.5 Å². The molecule has 11 nitrogen and oxygen atoms in total. The first-order valence-electron chi connectivity index (χ1n) is 9.33. The van der Waals surface area contributed by atoms with Crippen LogP contribution in [0, 0.1) is 10.1 Å². The van der Waals surface area contributed by atoms with Gasteiger partial charge in [0.1, 0.15) is 24.7 Å². The van der Waals surface area contributed by atoms with Crippen LogP contribution in [-0.4, -0.2) is 69.5 Å². The number of hydrogen-bond donors (Lipinski definition) is 1. The van der Waals surface area contributed by atoms with E-state index in [1.54, 1.807) is 4.57 Å². The van der Waals surface area contributed by atoms with E-state index >= 15 is 0 Å². The Morgan fingerprint density at radius 1 is 1.24 bits per heavy atom. The second-order valence-electron chi connectivity index (χ2n) is 6.92. The van der Waals surface area contributed by atoms with Gasteiger partial charge in [0.15, 0.2) is 0 Å². The molecule has 4 rings (SSSR count). The third-order valence-corrected chi connectivity index (χ3v) is 5.07. The minimum Gasteiger partial charge on any atom is -0.490 e. The molecule has 2 aliphatic rings. The predicted molar refractivity (Wildman–Crippen MR) is 102 cm³/mol. The first kappa shape index (κ1) is 18.8. The Labute approximate surface area is 166 Å². The van der Waals surface area contributed by atoms with E-state index < -0.39 is 11.0 Å². The number of aromatic nitrogens is 2. The molecule has 154 valence electrons. The van der Waals surface area contributed by atoms with Crippen LogP contribution in [0.5, 0.6) is 11.8 Å². The Morgan fingerprint density at radius 3 is 2.62 bits per heavy atom. The van der Waals surface area contributed by atoms with Gasteiger partial charge in [0.25, 0.3) is 0 Å². The fourth-order valence-corrected chi connectivity index (χ4v) is 3.43. The second kappa shape index (κ2) is 7.86. The van der Waals surface area contributed by atoms with Gasteiger partial charge in [0.2, 0.25) is 0 Å². The van der Waals surface area contributed by atoms with Crippen LogP contribution in [0.1, 0.15) is 6.42 Å². The minimum atomic E-state index is -0.879. The van der Waals surface area contributed by atoms with Crippen molar-refractivity contribution >= 4 is 17.6 Å². The van der Waals surface area contributed by atoms with Gasteiger partial charge in [-0.1, -0.05) is 0 Å². The summed E-state index contributed by atoms with van der Waals surface area (Å²) in [6.45, 7) is 3.19. The van der Waals surface area contributed by atoms with Crippen molar-refractivity contribution in [2.75, 3.05) is 37.7 Å². The number of nitrogens with zero attached hydrogens (tertiary/aromatic N) is 5. The average Bonchev–Trinajstić information content (AvgIpc) is 3.16. The fourth-order valence-electron chi connectivity index (χ4n) is 3.43. The van der Waals surface area contributed by atoms with Crippen molar-refractivity contribution in [1.29, 1.82) is 0 Å². The maximum absolute atomic E-state index is 11.0. The van der Waals surface area contributed by atoms with Gasteiger partial charge in [-0.25, -0.2) is 4.79 Å². The summed E-state index contributed by atoms with van der Waals surface area (Å²) in [5.74, 6) is 0.475. The lowest BCUT2D eigenvalue weighted by Gasteiger charge is -2.34. The van der Waals surface area contributed by atoms with Crippen molar-refractivity contribution in [2.24, 2.45) is 0 Å². The molecule has 1 fully saturated rings. The first-order valence-corrected chi connectivity index (χ1v) is 9.33. The number of nitro groups is 1. The number of imidazole rings is 1. The molecular weight excluding hydrogens is 382 g/mol. The number of anilines is 1. The van der Waals surface area contributed by atoms with Gasteiger partial charge in [-0.2, -0.15) is 0 Å². The third-order valence-electron chi connectivity index (χ3n) is 5.07. The van der Waals surface area contributed by atoms with Gasteiger partial charge in [0.05, 0.1) is 0 Å². The van der Waals surface area contributed by atoms with Crippen molar-refractivity contribution in [3.63, 3.8) is 0 Å². The molecular formula is C18H21N5O6. The van der Waals surface area contributed by atoms with E-state index in [4.69, 9.17) is 14.6 Å². The Morgan fingerprint density at radius 2 is 1.97 bits per heavy atom. The predicted octanol–water partition coefficient (Wildman–Crippen LogP) is 1.82. The Balaban J connectivity index is 1.28. The van der Waals surface area contributed by atoms with Crippen LogP contribution in [0.4, 0.5) is 16.3 Å². The lowest BCUT2D eigenvalue weighted by Crippen LogP contribution is -2.48. The molecule has 2 aliphatic heterocycles. The second-order valence-corrected chi connectivity index (χ2v) is 6.92. The minimum absolute atomic E-state index is 0.221. The highest BCUT2D eigenvalue weighted by Gasteiger charge is 2.28. The molecule has 29 heavy (non-hydrogen) atoms. The summed E-state index contributed by atoms with van der Waals surface area (Å²) in [5.41, 5.74) is 1.02. The van der Waals surface area contributed by atoms with Crippen LogP contribution < -0.4 is 14.4 Å². The van der Waals surface area contributed by atoms with E-state index in [2.05, 4.69) is 9.88 Å². The van der Waals surface area contributed by atoms with E-state index in [1.165, 1.54) is 11.1 Å². The number of amides is 1. The Hall–Kier alpha value is -3.50. The van der Waals surface area contributed by atoms with Crippen molar-refractivity contribution in [3.8, 4) is 11.8 Å².